The highest BCUT2D eigenvalue weighted by Crippen LogP contribution is 2.29. The molecule has 0 aliphatic heterocycles. The molecular weight excluding hydrogens is 350 g/mol. The SMILES string of the molecule is CCOc1ccccc1OCC(=O)NC(C)(c1ccccc1)c1ccccc1. The lowest BCUT2D eigenvalue weighted by Crippen LogP contribution is -2.46. The van der Waals surface area contributed by atoms with Crippen molar-refractivity contribution in [2.75, 3.05) is 13.2 Å². The van der Waals surface area contributed by atoms with Crippen LogP contribution in [0.1, 0.15) is 25.0 Å². The zero-order valence-electron chi connectivity index (χ0n) is 16.2. The van der Waals surface area contributed by atoms with E-state index >= 15 is 0 Å². The van der Waals surface area contributed by atoms with E-state index in [9.17, 15) is 4.79 Å². The molecule has 144 valence electrons. The molecule has 0 radical (unpaired) electrons. The van der Waals surface area contributed by atoms with Gasteiger partial charge >= 0.3 is 0 Å². The fourth-order valence-corrected chi connectivity index (χ4v) is 3.16. The van der Waals surface area contributed by atoms with Gasteiger partial charge in [0.05, 0.1) is 12.1 Å². The van der Waals surface area contributed by atoms with Crippen LogP contribution in [0.5, 0.6) is 11.5 Å². The molecule has 0 atom stereocenters. The van der Waals surface area contributed by atoms with Gasteiger partial charge in [0.15, 0.2) is 18.1 Å². The summed E-state index contributed by atoms with van der Waals surface area (Å²) in [5.41, 5.74) is 1.34. The van der Waals surface area contributed by atoms with Crippen LogP contribution in [0.25, 0.3) is 0 Å². The average molecular weight is 375 g/mol. The predicted molar refractivity (Wildman–Crippen MR) is 111 cm³/mol. The fourth-order valence-electron chi connectivity index (χ4n) is 3.16. The lowest BCUT2D eigenvalue weighted by molar-refractivity contribution is -0.124. The lowest BCUT2D eigenvalue weighted by Gasteiger charge is -2.32. The summed E-state index contributed by atoms with van der Waals surface area (Å²) in [6.07, 6.45) is 0. The predicted octanol–water partition coefficient (Wildman–Crippen LogP) is 4.54. The van der Waals surface area contributed by atoms with E-state index in [0.29, 0.717) is 18.1 Å². The van der Waals surface area contributed by atoms with Gasteiger partial charge in [0.25, 0.3) is 5.91 Å². The second-order valence-corrected chi connectivity index (χ2v) is 6.57. The molecular formula is C24H25NO3. The molecule has 0 bridgehead atoms. The summed E-state index contributed by atoms with van der Waals surface area (Å²) in [5, 5.41) is 3.14. The van der Waals surface area contributed by atoms with Gasteiger partial charge in [-0.15, -0.1) is 0 Å². The molecule has 4 heteroatoms. The minimum absolute atomic E-state index is 0.0979. The third-order valence-corrected chi connectivity index (χ3v) is 4.60. The molecule has 0 heterocycles. The molecule has 3 aromatic carbocycles. The van der Waals surface area contributed by atoms with Crippen LogP contribution in [0.15, 0.2) is 84.9 Å². The number of benzene rings is 3. The Bertz CT molecular complexity index is 854. The van der Waals surface area contributed by atoms with E-state index < -0.39 is 5.54 Å². The molecule has 0 fully saturated rings. The Morgan fingerprint density at radius 2 is 1.25 bits per heavy atom. The van der Waals surface area contributed by atoms with E-state index in [1.165, 1.54) is 0 Å². The summed E-state index contributed by atoms with van der Waals surface area (Å²) in [6, 6.07) is 27.2. The molecule has 3 aromatic rings. The van der Waals surface area contributed by atoms with E-state index in [1.54, 1.807) is 6.07 Å². The summed E-state index contributed by atoms with van der Waals surface area (Å²) in [7, 11) is 0. The number of ether oxygens (including phenoxy) is 2. The Morgan fingerprint density at radius 1 is 0.786 bits per heavy atom. The van der Waals surface area contributed by atoms with Gasteiger partial charge in [0.2, 0.25) is 0 Å². The monoisotopic (exact) mass is 375 g/mol. The normalized spacial score (nSPS) is 10.9. The van der Waals surface area contributed by atoms with E-state index in [0.717, 1.165) is 11.1 Å². The highest BCUT2D eigenvalue weighted by molar-refractivity contribution is 5.79. The van der Waals surface area contributed by atoms with Gasteiger partial charge in [0, 0.05) is 0 Å². The van der Waals surface area contributed by atoms with Crippen LogP contribution < -0.4 is 14.8 Å². The van der Waals surface area contributed by atoms with Gasteiger partial charge in [-0.1, -0.05) is 72.8 Å². The van der Waals surface area contributed by atoms with Gasteiger partial charge < -0.3 is 14.8 Å². The Hall–Kier alpha value is -3.27. The van der Waals surface area contributed by atoms with Crippen LogP contribution in [0.4, 0.5) is 0 Å². The number of rotatable bonds is 8. The number of hydrogen-bond acceptors (Lipinski definition) is 3. The first-order valence-corrected chi connectivity index (χ1v) is 9.40. The lowest BCUT2D eigenvalue weighted by atomic mass is 9.84. The van der Waals surface area contributed by atoms with Crippen molar-refractivity contribution in [2.45, 2.75) is 19.4 Å². The van der Waals surface area contributed by atoms with Crippen LogP contribution in [0, 0.1) is 0 Å². The molecule has 0 saturated carbocycles. The largest absolute Gasteiger partial charge is 0.490 e. The highest BCUT2D eigenvalue weighted by Gasteiger charge is 2.30. The Balaban J connectivity index is 1.78. The third kappa shape index (κ3) is 4.52. The number of para-hydroxylation sites is 2. The maximum atomic E-state index is 12.8. The smallest absolute Gasteiger partial charge is 0.258 e. The minimum Gasteiger partial charge on any atom is -0.490 e. The van der Waals surface area contributed by atoms with Crippen molar-refractivity contribution in [3.8, 4) is 11.5 Å². The Morgan fingerprint density at radius 3 is 1.75 bits per heavy atom. The fraction of sp³-hybridized carbons (Fsp3) is 0.208. The summed E-state index contributed by atoms with van der Waals surface area (Å²) >= 11 is 0. The first-order valence-electron chi connectivity index (χ1n) is 9.40. The summed E-state index contributed by atoms with van der Waals surface area (Å²) < 4.78 is 11.3. The molecule has 0 unspecified atom stereocenters. The van der Waals surface area contributed by atoms with Crippen molar-refractivity contribution in [3.63, 3.8) is 0 Å². The van der Waals surface area contributed by atoms with Crippen LogP contribution in [0.2, 0.25) is 0 Å². The van der Waals surface area contributed by atoms with Gasteiger partial charge in [-0.25, -0.2) is 0 Å². The van der Waals surface area contributed by atoms with Gasteiger partial charge in [-0.2, -0.15) is 0 Å². The Kier molecular flexibility index (Phi) is 6.33. The molecule has 28 heavy (non-hydrogen) atoms. The summed E-state index contributed by atoms with van der Waals surface area (Å²) in [5.74, 6) is 0.980. The van der Waals surface area contributed by atoms with Crippen LogP contribution in [0.3, 0.4) is 0 Å². The number of carbonyl (C=O) groups excluding carboxylic acids is 1. The second-order valence-electron chi connectivity index (χ2n) is 6.57. The van der Waals surface area contributed by atoms with Crippen LogP contribution in [-0.4, -0.2) is 19.1 Å². The van der Waals surface area contributed by atoms with E-state index in [2.05, 4.69) is 5.32 Å². The first kappa shape index (κ1) is 19.5. The molecule has 4 nitrogen and oxygen atoms in total. The molecule has 3 rings (SSSR count). The molecule has 1 amide bonds. The Labute approximate surface area is 166 Å². The summed E-state index contributed by atoms with van der Waals surface area (Å²) in [6.45, 7) is 4.35. The van der Waals surface area contributed by atoms with Gasteiger partial charge in [-0.05, 0) is 37.1 Å². The third-order valence-electron chi connectivity index (χ3n) is 4.60. The molecule has 0 spiro atoms. The number of amides is 1. The maximum Gasteiger partial charge on any atom is 0.258 e. The van der Waals surface area contributed by atoms with Crippen molar-refractivity contribution in [1.82, 2.24) is 5.32 Å². The molecule has 0 aliphatic rings. The number of hydrogen-bond donors (Lipinski definition) is 1. The van der Waals surface area contributed by atoms with Crippen molar-refractivity contribution in [3.05, 3.63) is 96.1 Å². The van der Waals surface area contributed by atoms with Crippen molar-refractivity contribution in [2.24, 2.45) is 0 Å². The van der Waals surface area contributed by atoms with E-state index in [1.807, 2.05) is 92.7 Å². The van der Waals surface area contributed by atoms with Gasteiger partial charge in [0.1, 0.15) is 0 Å². The van der Waals surface area contributed by atoms with Crippen LogP contribution >= 0.6 is 0 Å². The minimum atomic E-state index is -0.664. The zero-order valence-corrected chi connectivity index (χ0v) is 16.2. The molecule has 0 aromatic heterocycles. The van der Waals surface area contributed by atoms with Crippen molar-refractivity contribution >= 4 is 5.91 Å². The van der Waals surface area contributed by atoms with Crippen molar-refractivity contribution in [1.29, 1.82) is 0 Å². The molecule has 0 aliphatic carbocycles. The molecule has 1 N–H and O–H groups in total. The summed E-state index contributed by atoms with van der Waals surface area (Å²) in [4.78, 5) is 12.8. The number of nitrogens with one attached hydrogen (secondary N) is 1. The topological polar surface area (TPSA) is 47.6 Å². The molecule has 0 saturated heterocycles. The second kappa shape index (κ2) is 9.09. The van der Waals surface area contributed by atoms with E-state index in [-0.39, 0.29) is 12.5 Å². The maximum absolute atomic E-state index is 12.8. The average Bonchev–Trinajstić information content (AvgIpc) is 2.74. The zero-order chi connectivity index (χ0) is 19.8. The number of carbonyl (C=O) groups is 1. The van der Waals surface area contributed by atoms with Crippen molar-refractivity contribution < 1.29 is 14.3 Å². The van der Waals surface area contributed by atoms with E-state index in [4.69, 9.17) is 9.47 Å². The van der Waals surface area contributed by atoms with Crippen LogP contribution in [-0.2, 0) is 10.3 Å². The highest BCUT2D eigenvalue weighted by atomic mass is 16.5. The van der Waals surface area contributed by atoms with Gasteiger partial charge in [-0.3, -0.25) is 4.79 Å². The standard InChI is InChI=1S/C24H25NO3/c1-3-27-21-16-10-11-17-22(21)28-18-23(26)25-24(2,19-12-6-4-7-13-19)20-14-8-5-9-15-20/h4-17H,3,18H2,1-2H3,(H,25,26). The first-order chi connectivity index (χ1) is 13.6. The quantitative estimate of drug-likeness (QED) is 0.629.